The average Bonchev–Trinajstić information content (AvgIpc) is 2.48. The molecule has 1 unspecified atom stereocenters. The Morgan fingerprint density at radius 1 is 1.15 bits per heavy atom. The van der Waals surface area contributed by atoms with E-state index in [0.717, 1.165) is 0 Å². The first-order chi connectivity index (χ1) is 9.63. The molecule has 2 rings (SSSR count). The highest BCUT2D eigenvalue weighted by Gasteiger charge is 2.18. The fourth-order valence-corrected chi connectivity index (χ4v) is 2.08. The van der Waals surface area contributed by atoms with Gasteiger partial charge in [0.25, 0.3) is 0 Å². The van der Waals surface area contributed by atoms with E-state index >= 15 is 0 Å². The predicted molar refractivity (Wildman–Crippen MR) is 74.8 cm³/mol. The number of hydrogen-bond acceptors (Lipinski definition) is 3. The second-order valence-corrected chi connectivity index (χ2v) is 4.49. The molecule has 1 aromatic carbocycles. The van der Waals surface area contributed by atoms with Gasteiger partial charge in [-0.1, -0.05) is 31.2 Å². The molecule has 0 aliphatic carbocycles. The normalized spacial score (nSPS) is 11.8. The van der Waals surface area contributed by atoms with Crippen LogP contribution < -0.4 is 0 Å². The summed E-state index contributed by atoms with van der Waals surface area (Å²) in [6.45, 7) is 1.83. The Morgan fingerprint density at radius 3 is 2.35 bits per heavy atom. The molecule has 1 heterocycles. The molecule has 4 heteroatoms. The smallest absolute Gasteiger partial charge is 0.310 e. The highest BCUT2D eigenvalue weighted by molar-refractivity contribution is 6.08. The number of rotatable bonds is 5. The van der Waals surface area contributed by atoms with Crippen molar-refractivity contribution in [2.45, 2.75) is 19.3 Å². The van der Waals surface area contributed by atoms with E-state index in [1.54, 1.807) is 42.6 Å². The van der Waals surface area contributed by atoms with E-state index in [2.05, 4.69) is 4.98 Å². The van der Waals surface area contributed by atoms with Crippen LogP contribution in [0.2, 0.25) is 0 Å². The molecule has 20 heavy (non-hydrogen) atoms. The van der Waals surface area contributed by atoms with Crippen molar-refractivity contribution in [1.29, 1.82) is 0 Å². The molecular formula is C16H15NO3. The van der Waals surface area contributed by atoms with Gasteiger partial charge in [0.05, 0.1) is 5.92 Å². The SMILES string of the molecule is CCC(C(=O)O)c1ccc(C(=O)c2cccnc2)cc1. The molecule has 0 aliphatic rings. The third-order valence-corrected chi connectivity index (χ3v) is 3.21. The van der Waals surface area contributed by atoms with Gasteiger partial charge in [-0.25, -0.2) is 0 Å². The summed E-state index contributed by atoms with van der Waals surface area (Å²) in [5.74, 6) is -1.50. The molecule has 0 radical (unpaired) electrons. The van der Waals surface area contributed by atoms with Gasteiger partial charge < -0.3 is 5.11 Å². The summed E-state index contributed by atoms with van der Waals surface area (Å²) >= 11 is 0. The zero-order valence-corrected chi connectivity index (χ0v) is 11.1. The number of carbonyl (C=O) groups excluding carboxylic acids is 1. The summed E-state index contributed by atoms with van der Waals surface area (Å²) in [6.07, 6.45) is 3.64. The standard InChI is InChI=1S/C16H15NO3/c1-2-14(16(19)20)11-5-7-12(8-6-11)15(18)13-4-3-9-17-10-13/h3-10,14H,2H2,1H3,(H,19,20). The Morgan fingerprint density at radius 2 is 1.85 bits per heavy atom. The zero-order chi connectivity index (χ0) is 14.5. The molecule has 0 saturated heterocycles. The van der Waals surface area contributed by atoms with Gasteiger partial charge in [-0.05, 0) is 24.1 Å². The van der Waals surface area contributed by atoms with E-state index in [1.807, 2.05) is 6.92 Å². The molecule has 102 valence electrons. The highest BCUT2D eigenvalue weighted by atomic mass is 16.4. The van der Waals surface area contributed by atoms with Gasteiger partial charge in [-0.3, -0.25) is 14.6 Å². The lowest BCUT2D eigenvalue weighted by Crippen LogP contribution is -2.10. The van der Waals surface area contributed by atoms with Crippen LogP contribution in [0.5, 0.6) is 0 Å². The maximum atomic E-state index is 12.2. The maximum Gasteiger partial charge on any atom is 0.310 e. The van der Waals surface area contributed by atoms with Crippen LogP contribution in [0.4, 0.5) is 0 Å². The van der Waals surface area contributed by atoms with Crippen LogP contribution in [-0.4, -0.2) is 21.8 Å². The molecule has 0 amide bonds. The number of carboxylic acid groups (broad SMARTS) is 1. The first kappa shape index (κ1) is 13.9. The van der Waals surface area contributed by atoms with Gasteiger partial charge in [-0.2, -0.15) is 0 Å². The summed E-state index contributed by atoms with van der Waals surface area (Å²) in [6, 6.07) is 10.1. The summed E-state index contributed by atoms with van der Waals surface area (Å²) in [4.78, 5) is 27.2. The second kappa shape index (κ2) is 6.10. The lowest BCUT2D eigenvalue weighted by molar-refractivity contribution is -0.138. The van der Waals surface area contributed by atoms with Crippen LogP contribution in [0.25, 0.3) is 0 Å². The zero-order valence-electron chi connectivity index (χ0n) is 11.1. The first-order valence-corrected chi connectivity index (χ1v) is 6.41. The summed E-state index contributed by atoms with van der Waals surface area (Å²) < 4.78 is 0. The number of benzene rings is 1. The molecule has 0 spiro atoms. The van der Waals surface area contributed by atoms with Crippen molar-refractivity contribution >= 4 is 11.8 Å². The number of nitrogens with zero attached hydrogens (tertiary/aromatic N) is 1. The predicted octanol–water partition coefficient (Wildman–Crippen LogP) is 2.89. The number of ketones is 1. The number of hydrogen-bond donors (Lipinski definition) is 1. The Hall–Kier alpha value is -2.49. The minimum Gasteiger partial charge on any atom is -0.481 e. The second-order valence-electron chi connectivity index (χ2n) is 4.49. The van der Waals surface area contributed by atoms with Crippen molar-refractivity contribution in [1.82, 2.24) is 4.98 Å². The van der Waals surface area contributed by atoms with Crippen LogP contribution >= 0.6 is 0 Å². The monoisotopic (exact) mass is 269 g/mol. The first-order valence-electron chi connectivity index (χ1n) is 6.41. The van der Waals surface area contributed by atoms with Gasteiger partial charge >= 0.3 is 5.97 Å². The maximum absolute atomic E-state index is 12.2. The number of carbonyl (C=O) groups is 2. The van der Waals surface area contributed by atoms with Crippen LogP contribution in [0.3, 0.4) is 0 Å². The highest BCUT2D eigenvalue weighted by Crippen LogP contribution is 2.21. The third-order valence-electron chi connectivity index (χ3n) is 3.21. The molecule has 1 aromatic heterocycles. The molecule has 2 aromatic rings. The minimum atomic E-state index is -0.848. The van der Waals surface area contributed by atoms with Crippen LogP contribution in [-0.2, 0) is 4.79 Å². The topological polar surface area (TPSA) is 67.3 Å². The summed E-state index contributed by atoms with van der Waals surface area (Å²) in [5, 5.41) is 9.11. The van der Waals surface area contributed by atoms with E-state index in [1.165, 1.54) is 6.20 Å². The van der Waals surface area contributed by atoms with Crippen molar-refractivity contribution in [3.8, 4) is 0 Å². The van der Waals surface area contributed by atoms with Crippen molar-refractivity contribution in [2.75, 3.05) is 0 Å². The molecular weight excluding hydrogens is 254 g/mol. The van der Waals surface area contributed by atoms with Crippen molar-refractivity contribution in [2.24, 2.45) is 0 Å². The Kier molecular flexibility index (Phi) is 4.25. The van der Waals surface area contributed by atoms with Crippen LogP contribution in [0.1, 0.15) is 40.7 Å². The molecule has 0 bridgehead atoms. The van der Waals surface area contributed by atoms with E-state index in [9.17, 15) is 9.59 Å². The lowest BCUT2D eigenvalue weighted by atomic mass is 9.94. The fourth-order valence-electron chi connectivity index (χ4n) is 2.08. The van der Waals surface area contributed by atoms with Gasteiger partial charge in [0.2, 0.25) is 0 Å². The largest absolute Gasteiger partial charge is 0.481 e. The van der Waals surface area contributed by atoms with Crippen molar-refractivity contribution in [3.63, 3.8) is 0 Å². The van der Waals surface area contributed by atoms with E-state index < -0.39 is 11.9 Å². The number of carboxylic acids is 1. The van der Waals surface area contributed by atoms with Gasteiger partial charge in [0, 0.05) is 23.5 Å². The Balaban J connectivity index is 2.24. The fraction of sp³-hybridized carbons (Fsp3) is 0.188. The number of aliphatic carboxylic acids is 1. The van der Waals surface area contributed by atoms with Gasteiger partial charge in [0.15, 0.2) is 5.78 Å². The Bertz CT molecular complexity index is 605. The lowest BCUT2D eigenvalue weighted by Gasteiger charge is -2.10. The average molecular weight is 269 g/mol. The number of pyridine rings is 1. The van der Waals surface area contributed by atoms with Crippen LogP contribution in [0.15, 0.2) is 48.8 Å². The van der Waals surface area contributed by atoms with Gasteiger partial charge in [-0.15, -0.1) is 0 Å². The van der Waals surface area contributed by atoms with E-state index in [4.69, 9.17) is 5.11 Å². The molecule has 1 N–H and O–H groups in total. The molecule has 4 nitrogen and oxygen atoms in total. The number of aromatic nitrogens is 1. The quantitative estimate of drug-likeness (QED) is 0.847. The summed E-state index contributed by atoms with van der Waals surface area (Å²) in [7, 11) is 0. The summed E-state index contributed by atoms with van der Waals surface area (Å²) in [5.41, 5.74) is 1.76. The van der Waals surface area contributed by atoms with Crippen molar-refractivity contribution in [3.05, 3.63) is 65.5 Å². The minimum absolute atomic E-state index is 0.118. The van der Waals surface area contributed by atoms with E-state index in [0.29, 0.717) is 23.1 Å². The Labute approximate surface area is 117 Å². The van der Waals surface area contributed by atoms with E-state index in [-0.39, 0.29) is 5.78 Å². The van der Waals surface area contributed by atoms with Gasteiger partial charge in [0.1, 0.15) is 0 Å². The van der Waals surface area contributed by atoms with Crippen LogP contribution in [0, 0.1) is 0 Å². The molecule has 1 atom stereocenters. The molecule has 0 aliphatic heterocycles. The third kappa shape index (κ3) is 2.91. The van der Waals surface area contributed by atoms with Crippen molar-refractivity contribution < 1.29 is 14.7 Å². The molecule has 0 fully saturated rings. The molecule has 0 saturated carbocycles.